The van der Waals surface area contributed by atoms with Crippen LogP contribution in [-0.2, 0) is 19.1 Å². The zero-order valence-corrected chi connectivity index (χ0v) is 14.9. The number of alkyl halides is 1. The van der Waals surface area contributed by atoms with Crippen LogP contribution < -0.4 is 0 Å². The molecule has 1 heterocycles. The van der Waals surface area contributed by atoms with E-state index in [2.05, 4.69) is 0 Å². The third kappa shape index (κ3) is 3.26. The van der Waals surface area contributed by atoms with Crippen molar-refractivity contribution >= 4 is 17.8 Å². The Morgan fingerprint density at radius 2 is 1.96 bits per heavy atom. The standard InChI is InChI=1S/C17H26FNO5/c1-10-8-17(12(13(10)20)14(21)23-5)6-7-19(9-11(17)18)15(22)24-16(2,3)4/h10-12H,6-9H2,1-5H3. The maximum atomic E-state index is 15.1. The second-order valence-corrected chi connectivity index (χ2v) is 7.84. The number of ether oxygens (including phenoxy) is 2. The van der Waals surface area contributed by atoms with Gasteiger partial charge >= 0.3 is 12.1 Å². The summed E-state index contributed by atoms with van der Waals surface area (Å²) in [6, 6.07) is 0. The first kappa shape index (κ1) is 18.7. The third-order valence-corrected chi connectivity index (χ3v) is 4.97. The molecule has 0 radical (unpaired) electrons. The highest BCUT2D eigenvalue weighted by Gasteiger charge is 2.61. The van der Waals surface area contributed by atoms with Gasteiger partial charge in [0.2, 0.25) is 0 Å². The van der Waals surface area contributed by atoms with E-state index in [1.807, 2.05) is 0 Å². The fourth-order valence-corrected chi connectivity index (χ4v) is 3.84. The second-order valence-electron chi connectivity index (χ2n) is 7.84. The van der Waals surface area contributed by atoms with Gasteiger partial charge in [0.25, 0.3) is 0 Å². The lowest BCUT2D eigenvalue weighted by molar-refractivity contribution is -0.156. The van der Waals surface area contributed by atoms with Gasteiger partial charge in [-0.15, -0.1) is 0 Å². The molecular formula is C17H26FNO5. The molecule has 1 saturated heterocycles. The molecule has 1 spiro atoms. The molecule has 1 aliphatic carbocycles. The first-order valence-corrected chi connectivity index (χ1v) is 8.25. The molecule has 0 N–H and O–H groups in total. The molecule has 24 heavy (non-hydrogen) atoms. The molecular weight excluding hydrogens is 317 g/mol. The van der Waals surface area contributed by atoms with Crippen LogP contribution in [0.25, 0.3) is 0 Å². The van der Waals surface area contributed by atoms with E-state index in [1.165, 1.54) is 12.0 Å². The Balaban J connectivity index is 2.18. The molecule has 4 unspecified atom stereocenters. The van der Waals surface area contributed by atoms with Gasteiger partial charge in [-0.1, -0.05) is 6.92 Å². The minimum absolute atomic E-state index is 0.178. The van der Waals surface area contributed by atoms with E-state index in [0.29, 0.717) is 6.42 Å². The number of piperidine rings is 1. The number of Topliss-reactive ketones (excluding diaryl/α,β-unsaturated/α-hetero) is 1. The van der Waals surface area contributed by atoms with Gasteiger partial charge in [-0.25, -0.2) is 9.18 Å². The van der Waals surface area contributed by atoms with Gasteiger partial charge in [0.15, 0.2) is 5.78 Å². The van der Waals surface area contributed by atoms with Crippen molar-refractivity contribution in [2.75, 3.05) is 20.2 Å². The summed E-state index contributed by atoms with van der Waals surface area (Å²) in [5.74, 6) is -2.43. The second kappa shape index (κ2) is 6.33. The van der Waals surface area contributed by atoms with Crippen LogP contribution in [0.5, 0.6) is 0 Å². The number of esters is 1. The van der Waals surface area contributed by atoms with Crippen LogP contribution in [0.3, 0.4) is 0 Å². The summed E-state index contributed by atoms with van der Waals surface area (Å²) in [4.78, 5) is 37.9. The van der Waals surface area contributed by atoms with E-state index in [0.717, 1.165) is 0 Å². The van der Waals surface area contributed by atoms with Crippen LogP contribution in [0.1, 0.15) is 40.5 Å². The molecule has 2 fully saturated rings. The number of carbonyl (C=O) groups is 3. The van der Waals surface area contributed by atoms with Crippen LogP contribution in [0.2, 0.25) is 0 Å². The molecule has 1 amide bonds. The van der Waals surface area contributed by atoms with Gasteiger partial charge in [-0.3, -0.25) is 9.59 Å². The largest absolute Gasteiger partial charge is 0.468 e. The van der Waals surface area contributed by atoms with Gasteiger partial charge in [0, 0.05) is 17.9 Å². The van der Waals surface area contributed by atoms with E-state index in [4.69, 9.17) is 9.47 Å². The zero-order chi connectivity index (χ0) is 18.3. The number of hydrogen-bond donors (Lipinski definition) is 0. The normalized spacial score (nSPS) is 33.7. The van der Waals surface area contributed by atoms with E-state index in [9.17, 15) is 14.4 Å². The number of carbonyl (C=O) groups excluding carboxylic acids is 3. The Hall–Kier alpha value is -1.66. The smallest absolute Gasteiger partial charge is 0.410 e. The Kier molecular flexibility index (Phi) is 4.93. The summed E-state index contributed by atoms with van der Waals surface area (Å²) in [6.07, 6.45) is -1.51. The highest BCUT2D eigenvalue weighted by Crippen LogP contribution is 2.52. The Morgan fingerprint density at radius 1 is 1.33 bits per heavy atom. The highest BCUT2D eigenvalue weighted by atomic mass is 19.1. The van der Waals surface area contributed by atoms with Gasteiger partial charge in [0.1, 0.15) is 17.7 Å². The molecule has 2 rings (SSSR count). The summed E-state index contributed by atoms with van der Waals surface area (Å²) < 4.78 is 25.1. The van der Waals surface area contributed by atoms with Crippen molar-refractivity contribution in [1.29, 1.82) is 0 Å². The van der Waals surface area contributed by atoms with E-state index >= 15 is 4.39 Å². The first-order chi connectivity index (χ1) is 11.0. The van der Waals surface area contributed by atoms with Crippen molar-refractivity contribution in [2.45, 2.75) is 52.3 Å². The molecule has 0 bridgehead atoms. The maximum Gasteiger partial charge on any atom is 0.410 e. The quantitative estimate of drug-likeness (QED) is 0.540. The molecule has 4 atom stereocenters. The molecule has 1 saturated carbocycles. The monoisotopic (exact) mass is 343 g/mol. The molecule has 1 aliphatic heterocycles. The first-order valence-electron chi connectivity index (χ1n) is 8.25. The Labute approximate surface area is 141 Å². The highest BCUT2D eigenvalue weighted by molar-refractivity contribution is 6.03. The molecule has 0 aromatic carbocycles. The summed E-state index contributed by atoms with van der Waals surface area (Å²) in [6.45, 7) is 7.01. The molecule has 0 aromatic heterocycles. The van der Waals surface area contributed by atoms with Gasteiger partial charge in [-0.2, -0.15) is 0 Å². The number of likely N-dealkylation sites (tertiary alicyclic amines) is 1. The average Bonchev–Trinajstić information content (AvgIpc) is 2.72. The van der Waals surface area contributed by atoms with Crippen molar-refractivity contribution in [2.24, 2.45) is 17.3 Å². The van der Waals surface area contributed by atoms with Crippen LogP contribution >= 0.6 is 0 Å². The minimum Gasteiger partial charge on any atom is -0.468 e. The van der Waals surface area contributed by atoms with Crippen molar-refractivity contribution in [3.05, 3.63) is 0 Å². The van der Waals surface area contributed by atoms with Gasteiger partial charge in [0.05, 0.1) is 13.7 Å². The van der Waals surface area contributed by atoms with Gasteiger partial charge in [-0.05, 0) is 33.6 Å². The molecule has 2 aliphatic rings. The summed E-state index contributed by atoms with van der Waals surface area (Å²) in [5, 5.41) is 0. The molecule has 136 valence electrons. The minimum atomic E-state index is -1.48. The van der Waals surface area contributed by atoms with E-state index in [1.54, 1.807) is 27.7 Å². The van der Waals surface area contributed by atoms with Crippen molar-refractivity contribution in [1.82, 2.24) is 4.90 Å². The lowest BCUT2D eigenvalue weighted by Gasteiger charge is -2.44. The SMILES string of the molecule is COC(=O)C1C(=O)C(C)CC12CCN(C(=O)OC(C)(C)C)CC2F. The van der Waals surface area contributed by atoms with Crippen LogP contribution in [0.4, 0.5) is 9.18 Å². The fourth-order valence-electron chi connectivity index (χ4n) is 3.84. The zero-order valence-electron chi connectivity index (χ0n) is 14.9. The Bertz CT molecular complexity index is 544. The predicted octanol–water partition coefficient (Wildman–Crippen LogP) is 2.35. The number of ketones is 1. The van der Waals surface area contributed by atoms with Crippen molar-refractivity contribution in [3.63, 3.8) is 0 Å². The number of amides is 1. The summed E-state index contributed by atoms with van der Waals surface area (Å²) >= 11 is 0. The maximum absolute atomic E-state index is 15.1. The van der Waals surface area contributed by atoms with Crippen LogP contribution in [0.15, 0.2) is 0 Å². The molecule has 7 heteroatoms. The average molecular weight is 343 g/mol. The third-order valence-electron chi connectivity index (χ3n) is 4.97. The number of hydrogen-bond acceptors (Lipinski definition) is 5. The summed E-state index contributed by atoms with van der Waals surface area (Å²) in [7, 11) is 1.20. The van der Waals surface area contributed by atoms with E-state index in [-0.39, 0.29) is 31.2 Å². The van der Waals surface area contributed by atoms with Gasteiger partial charge < -0.3 is 14.4 Å². The number of nitrogens with zero attached hydrogens (tertiary/aromatic N) is 1. The Morgan fingerprint density at radius 3 is 2.46 bits per heavy atom. The van der Waals surface area contributed by atoms with E-state index < -0.39 is 35.2 Å². The van der Waals surface area contributed by atoms with Crippen molar-refractivity contribution < 1.29 is 28.2 Å². The summed E-state index contributed by atoms with van der Waals surface area (Å²) in [5.41, 5.74) is -1.74. The van der Waals surface area contributed by atoms with Crippen molar-refractivity contribution in [3.8, 4) is 0 Å². The number of halogens is 1. The number of methoxy groups -OCH3 is 1. The topological polar surface area (TPSA) is 72.9 Å². The molecule has 6 nitrogen and oxygen atoms in total. The number of rotatable bonds is 1. The van der Waals surface area contributed by atoms with Crippen LogP contribution in [-0.4, -0.2) is 54.7 Å². The predicted molar refractivity (Wildman–Crippen MR) is 84.0 cm³/mol. The lowest BCUT2D eigenvalue weighted by Crippen LogP contribution is -2.55. The van der Waals surface area contributed by atoms with Crippen LogP contribution in [0, 0.1) is 17.3 Å². The molecule has 0 aromatic rings. The fraction of sp³-hybridized carbons (Fsp3) is 0.824. The lowest BCUT2D eigenvalue weighted by atomic mass is 9.69.